The number of nitrogens with zero attached hydrogens (tertiary/aromatic N) is 1. The molecule has 0 fully saturated rings. The zero-order valence-corrected chi connectivity index (χ0v) is 8.41. The molecule has 1 aromatic rings. The zero-order valence-electron chi connectivity index (χ0n) is 6.83. The first-order valence-corrected chi connectivity index (χ1v) is 4.39. The molecule has 0 spiro atoms. The summed E-state index contributed by atoms with van der Waals surface area (Å²) in [5, 5.41) is 0. The summed E-state index contributed by atoms with van der Waals surface area (Å²) in [6, 6.07) is 1.79. The van der Waals surface area contributed by atoms with E-state index in [1.54, 1.807) is 19.5 Å². The minimum absolute atomic E-state index is 0.0904. The summed E-state index contributed by atoms with van der Waals surface area (Å²) in [6.07, 6.45) is 3.44. The Hall–Kier alpha value is -0.450. The molecule has 0 aromatic carbocycles. The summed E-state index contributed by atoms with van der Waals surface area (Å²) < 4.78 is 5.87. The van der Waals surface area contributed by atoms with Gasteiger partial charge in [-0.3, -0.25) is 4.98 Å². The standard InChI is InChI=1S/C8H11BrN2O/c1-12-5-8(10)6-2-3-11-4-7(6)9/h2-4,8H,5,10H2,1H3/t8-/m0/s1. The molecule has 3 nitrogen and oxygen atoms in total. The van der Waals surface area contributed by atoms with Gasteiger partial charge in [-0.2, -0.15) is 0 Å². The van der Waals surface area contributed by atoms with Gasteiger partial charge < -0.3 is 10.5 Å². The Morgan fingerprint density at radius 3 is 3.08 bits per heavy atom. The van der Waals surface area contributed by atoms with Gasteiger partial charge in [0.1, 0.15) is 0 Å². The molecule has 0 amide bonds. The molecule has 0 aliphatic rings. The minimum atomic E-state index is -0.0904. The first-order chi connectivity index (χ1) is 5.75. The van der Waals surface area contributed by atoms with Crippen molar-refractivity contribution in [2.24, 2.45) is 5.73 Å². The number of methoxy groups -OCH3 is 1. The van der Waals surface area contributed by atoms with Crippen LogP contribution in [0.2, 0.25) is 0 Å². The van der Waals surface area contributed by atoms with Gasteiger partial charge in [0, 0.05) is 24.0 Å². The van der Waals surface area contributed by atoms with Crippen molar-refractivity contribution >= 4 is 15.9 Å². The summed E-state index contributed by atoms with van der Waals surface area (Å²) in [5.74, 6) is 0. The van der Waals surface area contributed by atoms with E-state index in [-0.39, 0.29) is 6.04 Å². The molecule has 0 unspecified atom stereocenters. The maximum atomic E-state index is 5.82. The fourth-order valence-corrected chi connectivity index (χ4v) is 1.50. The van der Waals surface area contributed by atoms with E-state index in [0.717, 1.165) is 10.0 Å². The van der Waals surface area contributed by atoms with Crippen LogP contribution in [0.3, 0.4) is 0 Å². The van der Waals surface area contributed by atoms with Crippen molar-refractivity contribution in [3.05, 3.63) is 28.5 Å². The maximum Gasteiger partial charge on any atom is 0.0656 e. The molecule has 0 aliphatic carbocycles. The fraction of sp³-hybridized carbons (Fsp3) is 0.375. The second-order valence-electron chi connectivity index (χ2n) is 2.46. The molecule has 0 radical (unpaired) electrons. The SMILES string of the molecule is COC[C@H](N)c1ccncc1Br. The lowest BCUT2D eigenvalue weighted by Crippen LogP contribution is -2.16. The van der Waals surface area contributed by atoms with Gasteiger partial charge in [0.15, 0.2) is 0 Å². The molecule has 1 aromatic heterocycles. The van der Waals surface area contributed by atoms with Crippen molar-refractivity contribution < 1.29 is 4.74 Å². The second kappa shape index (κ2) is 4.54. The number of ether oxygens (including phenoxy) is 1. The molecule has 0 bridgehead atoms. The number of aromatic nitrogens is 1. The molecule has 66 valence electrons. The molecule has 4 heteroatoms. The van der Waals surface area contributed by atoms with E-state index in [2.05, 4.69) is 20.9 Å². The van der Waals surface area contributed by atoms with E-state index in [1.165, 1.54) is 0 Å². The Morgan fingerprint density at radius 2 is 2.50 bits per heavy atom. The number of halogens is 1. The van der Waals surface area contributed by atoms with Gasteiger partial charge in [0.05, 0.1) is 12.6 Å². The first kappa shape index (κ1) is 9.64. The van der Waals surface area contributed by atoms with E-state index in [9.17, 15) is 0 Å². The summed E-state index contributed by atoms with van der Waals surface area (Å²) in [6.45, 7) is 0.516. The lowest BCUT2D eigenvalue weighted by molar-refractivity contribution is 0.180. The van der Waals surface area contributed by atoms with Crippen molar-refractivity contribution in [2.75, 3.05) is 13.7 Å². The summed E-state index contributed by atoms with van der Waals surface area (Å²) in [5.41, 5.74) is 6.84. The molecule has 0 saturated heterocycles. The van der Waals surface area contributed by atoms with Crippen LogP contribution in [0.25, 0.3) is 0 Å². The monoisotopic (exact) mass is 230 g/mol. The van der Waals surface area contributed by atoms with Gasteiger partial charge in [0.2, 0.25) is 0 Å². The highest BCUT2D eigenvalue weighted by molar-refractivity contribution is 9.10. The van der Waals surface area contributed by atoms with E-state index >= 15 is 0 Å². The number of pyridine rings is 1. The van der Waals surface area contributed by atoms with Gasteiger partial charge >= 0.3 is 0 Å². The highest BCUT2D eigenvalue weighted by Crippen LogP contribution is 2.20. The summed E-state index contributed by atoms with van der Waals surface area (Å²) >= 11 is 3.37. The van der Waals surface area contributed by atoms with Crippen LogP contribution in [-0.4, -0.2) is 18.7 Å². The highest BCUT2D eigenvalue weighted by atomic mass is 79.9. The molecule has 1 heterocycles. The van der Waals surface area contributed by atoms with Crippen molar-refractivity contribution in [1.29, 1.82) is 0 Å². The Kier molecular flexibility index (Phi) is 3.65. The predicted molar refractivity (Wildman–Crippen MR) is 50.7 cm³/mol. The van der Waals surface area contributed by atoms with Crippen molar-refractivity contribution in [1.82, 2.24) is 4.98 Å². The number of rotatable bonds is 3. The van der Waals surface area contributed by atoms with Crippen molar-refractivity contribution in [3.8, 4) is 0 Å². The molecule has 12 heavy (non-hydrogen) atoms. The third kappa shape index (κ3) is 2.27. The lowest BCUT2D eigenvalue weighted by atomic mass is 10.1. The average Bonchev–Trinajstić information content (AvgIpc) is 2.05. The van der Waals surface area contributed by atoms with Crippen LogP contribution < -0.4 is 5.73 Å². The van der Waals surface area contributed by atoms with E-state index in [1.807, 2.05) is 6.07 Å². The Bertz CT molecular complexity index is 255. The second-order valence-corrected chi connectivity index (χ2v) is 3.31. The smallest absolute Gasteiger partial charge is 0.0656 e. The zero-order chi connectivity index (χ0) is 8.97. The van der Waals surface area contributed by atoms with Crippen LogP contribution in [0.1, 0.15) is 11.6 Å². The van der Waals surface area contributed by atoms with Gasteiger partial charge in [-0.15, -0.1) is 0 Å². The fourth-order valence-electron chi connectivity index (χ4n) is 0.956. The molecule has 0 aliphatic heterocycles. The minimum Gasteiger partial charge on any atom is -0.383 e. The summed E-state index contributed by atoms with van der Waals surface area (Å²) in [7, 11) is 1.63. The largest absolute Gasteiger partial charge is 0.383 e. The molecule has 0 saturated carbocycles. The van der Waals surface area contributed by atoms with E-state index in [4.69, 9.17) is 10.5 Å². The van der Waals surface area contributed by atoms with Gasteiger partial charge in [-0.25, -0.2) is 0 Å². The predicted octanol–water partition coefficient (Wildman–Crippen LogP) is 1.49. The molecule has 1 rings (SSSR count). The van der Waals surface area contributed by atoms with Crippen molar-refractivity contribution in [3.63, 3.8) is 0 Å². The maximum absolute atomic E-state index is 5.82. The van der Waals surface area contributed by atoms with Crippen molar-refractivity contribution in [2.45, 2.75) is 6.04 Å². The first-order valence-electron chi connectivity index (χ1n) is 3.59. The van der Waals surface area contributed by atoms with Crippen LogP contribution in [0, 0.1) is 0 Å². The van der Waals surface area contributed by atoms with Crippen LogP contribution in [0.5, 0.6) is 0 Å². The number of hydrogen-bond donors (Lipinski definition) is 1. The van der Waals surface area contributed by atoms with Crippen LogP contribution in [0.15, 0.2) is 22.9 Å². The topological polar surface area (TPSA) is 48.1 Å². The highest BCUT2D eigenvalue weighted by Gasteiger charge is 2.08. The third-order valence-electron chi connectivity index (χ3n) is 1.55. The van der Waals surface area contributed by atoms with Crippen LogP contribution >= 0.6 is 15.9 Å². The molecule has 2 N–H and O–H groups in total. The quantitative estimate of drug-likeness (QED) is 0.857. The Labute approximate surface area is 80.1 Å². The molecule has 1 atom stereocenters. The Morgan fingerprint density at radius 1 is 1.75 bits per heavy atom. The van der Waals surface area contributed by atoms with E-state index < -0.39 is 0 Å². The third-order valence-corrected chi connectivity index (χ3v) is 2.21. The van der Waals surface area contributed by atoms with Gasteiger partial charge in [0.25, 0.3) is 0 Å². The number of nitrogens with two attached hydrogens (primary N) is 1. The average molecular weight is 231 g/mol. The normalized spacial score (nSPS) is 12.9. The van der Waals surface area contributed by atoms with E-state index in [0.29, 0.717) is 6.61 Å². The van der Waals surface area contributed by atoms with Crippen LogP contribution in [0.4, 0.5) is 0 Å². The molecular weight excluding hydrogens is 220 g/mol. The van der Waals surface area contributed by atoms with Gasteiger partial charge in [-0.1, -0.05) is 0 Å². The molecular formula is C8H11BrN2O. The Balaban J connectivity index is 2.79. The number of hydrogen-bond acceptors (Lipinski definition) is 3. The van der Waals surface area contributed by atoms with Gasteiger partial charge in [-0.05, 0) is 27.6 Å². The summed E-state index contributed by atoms with van der Waals surface area (Å²) in [4.78, 5) is 3.94. The van der Waals surface area contributed by atoms with Crippen LogP contribution in [-0.2, 0) is 4.74 Å². The lowest BCUT2D eigenvalue weighted by Gasteiger charge is -2.11.